The van der Waals surface area contributed by atoms with Crippen LogP contribution in [0.15, 0.2) is 40.8 Å². The van der Waals surface area contributed by atoms with Crippen molar-refractivity contribution in [3.05, 3.63) is 53.7 Å². The fourth-order valence-electron chi connectivity index (χ4n) is 3.61. The molecule has 174 valence electrons. The van der Waals surface area contributed by atoms with E-state index in [0.29, 0.717) is 31.1 Å². The van der Waals surface area contributed by atoms with E-state index in [1.54, 1.807) is 29.0 Å². The van der Waals surface area contributed by atoms with Crippen molar-refractivity contribution in [3.63, 3.8) is 0 Å². The van der Waals surface area contributed by atoms with E-state index in [9.17, 15) is 14.0 Å². The summed E-state index contributed by atoms with van der Waals surface area (Å²) in [6.07, 6.45) is 1.43. The molecule has 1 aliphatic heterocycles. The molecule has 2 amide bonds. The summed E-state index contributed by atoms with van der Waals surface area (Å²) in [5, 5.41) is 0. The van der Waals surface area contributed by atoms with Gasteiger partial charge >= 0.3 is 6.09 Å². The second-order valence-corrected chi connectivity index (χ2v) is 9.13. The van der Waals surface area contributed by atoms with Crippen LogP contribution in [0.25, 0.3) is 0 Å². The topological polar surface area (TPSA) is 72.2 Å². The predicted octanol–water partition coefficient (Wildman–Crippen LogP) is 4.72. The number of ether oxygens (including phenoxy) is 2. The molecule has 2 aromatic rings. The molecule has 0 spiro atoms. The average Bonchev–Trinajstić information content (AvgIpc) is 3.21. The third-order valence-corrected chi connectivity index (χ3v) is 5.11. The van der Waals surface area contributed by atoms with E-state index < -0.39 is 5.60 Å². The van der Waals surface area contributed by atoms with Gasteiger partial charge in [0.05, 0.1) is 0 Å². The monoisotopic (exact) mass is 446 g/mol. The molecule has 1 aromatic heterocycles. The van der Waals surface area contributed by atoms with Gasteiger partial charge < -0.3 is 23.7 Å². The second-order valence-electron chi connectivity index (χ2n) is 9.13. The lowest BCUT2D eigenvalue weighted by Gasteiger charge is -2.34. The molecule has 32 heavy (non-hydrogen) atoms. The zero-order valence-corrected chi connectivity index (χ0v) is 19.1. The van der Waals surface area contributed by atoms with Crippen molar-refractivity contribution in [2.75, 3.05) is 26.7 Å². The number of rotatable bonds is 6. The summed E-state index contributed by atoms with van der Waals surface area (Å²) in [5.41, 5.74) is -0.544. The van der Waals surface area contributed by atoms with Gasteiger partial charge in [-0.05, 0) is 75.9 Å². The number of likely N-dealkylation sites (tertiary alicyclic amines) is 1. The van der Waals surface area contributed by atoms with Crippen LogP contribution in [0.2, 0.25) is 0 Å². The van der Waals surface area contributed by atoms with Crippen molar-refractivity contribution in [3.8, 4) is 5.75 Å². The van der Waals surface area contributed by atoms with Crippen molar-refractivity contribution in [1.29, 1.82) is 0 Å². The zero-order chi connectivity index (χ0) is 23.3. The molecule has 0 saturated carbocycles. The average molecular weight is 447 g/mol. The molecule has 2 heterocycles. The quantitative estimate of drug-likeness (QED) is 0.642. The summed E-state index contributed by atoms with van der Waals surface area (Å²) in [7, 11) is 1.72. The number of piperidine rings is 1. The van der Waals surface area contributed by atoms with Gasteiger partial charge in [0.25, 0.3) is 5.91 Å². The van der Waals surface area contributed by atoms with E-state index in [4.69, 9.17) is 13.9 Å². The standard InChI is InChI=1S/C24H31FN2O5/c1-24(2,3)32-23(29)26(4)14-17-6-5-13-27(15-17)22(28)21-12-11-20(31-21)16-30-19-9-7-18(25)8-10-19/h7-12,17H,5-6,13-16H2,1-4H3. The van der Waals surface area contributed by atoms with Crippen LogP contribution < -0.4 is 4.74 Å². The molecule has 1 atom stereocenters. The van der Waals surface area contributed by atoms with Crippen molar-refractivity contribution in [2.24, 2.45) is 5.92 Å². The number of carbonyl (C=O) groups is 2. The van der Waals surface area contributed by atoms with Gasteiger partial charge in [0.2, 0.25) is 0 Å². The Morgan fingerprint density at radius 1 is 1.19 bits per heavy atom. The lowest BCUT2D eigenvalue weighted by molar-refractivity contribution is 0.0242. The summed E-state index contributed by atoms with van der Waals surface area (Å²) < 4.78 is 29.6. The van der Waals surface area contributed by atoms with Crippen LogP contribution >= 0.6 is 0 Å². The maximum Gasteiger partial charge on any atom is 0.410 e. The Bertz CT molecular complexity index is 919. The number of halogens is 1. The van der Waals surface area contributed by atoms with E-state index in [1.165, 1.54) is 24.3 Å². The molecular formula is C24H31FN2O5. The van der Waals surface area contributed by atoms with Gasteiger partial charge in [-0.25, -0.2) is 9.18 Å². The first kappa shape index (κ1) is 23.6. The molecule has 1 aromatic carbocycles. The van der Waals surface area contributed by atoms with Crippen LogP contribution in [-0.2, 0) is 11.3 Å². The minimum atomic E-state index is -0.544. The number of hydrogen-bond donors (Lipinski definition) is 0. The molecule has 1 saturated heterocycles. The highest BCUT2D eigenvalue weighted by Crippen LogP contribution is 2.22. The Kier molecular flexibility index (Phi) is 7.43. The minimum Gasteiger partial charge on any atom is -0.486 e. The van der Waals surface area contributed by atoms with Gasteiger partial charge in [-0.15, -0.1) is 0 Å². The molecular weight excluding hydrogens is 415 g/mol. The van der Waals surface area contributed by atoms with Crippen molar-refractivity contribution in [1.82, 2.24) is 9.80 Å². The predicted molar refractivity (Wildman–Crippen MR) is 117 cm³/mol. The Morgan fingerprint density at radius 3 is 2.59 bits per heavy atom. The van der Waals surface area contributed by atoms with Crippen LogP contribution in [0.3, 0.4) is 0 Å². The van der Waals surface area contributed by atoms with Crippen LogP contribution in [0.4, 0.5) is 9.18 Å². The molecule has 1 aliphatic rings. The van der Waals surface area contributed by atoms with Crippen molar-refractivity contribution < 1.29 is 27.9 Å². The van der Waals surface area contributed by atoms with Gasteiger partial charge in [0.15, 0.2) is 5.76 Å². The smallest absolute Gasteiger partial charge is 0.410 e. The Labute approximate surface area is 188 Å². The van der Waals surface area contributed by atoms with Crippen molar-refractivity contribution >= 4 is 12.0 Å². The number of furan rings is 1. The number of carbonyl (C=O) groups excluding carboxylic acids is 2. The van der Waals surface area contributed by atoms with Crippen molar-refractivity contribution in [2.45, 2.75) is 45.8 Å². The first-order valence-electron chi connectivity index (χ1n) is 10.8. The second kappa shape index (κ2) is 10.1. The van der Waals surface area contributed by atoms with Crippen LogP contribution in [0.1, 0.15) is 49.9 Å². The molecule has 0 radical (unpaired) electrons. The number of hydrogen-bond acceptors (Lipinski definition) is 5. The molecule has 1 fully saturated rings. The Hall–Kier alpha value is -3.03. The Morgan fingerprint density at radius 2 is 1.91 bits per heavy atom. The molecule has 8 heteroatoms. The maximum atomic E-state index is 13.0. The molecule has 0 bridgehead atoms. The largest absolute Gasteiger partial charge is 0.486 e. The van der Waals surface area contributed by atoms with Gasteiger partial charge in [0.1, 0.15) is 29.5 Å². The SMILES string of the molecule is CN(CC1CCCN(C(=O)c2ccc(COc3ccc(F)cc3)o2)C1)C(=O)OC(C)(C)C. The first-order valence-corrected chi connectivity index (χ1v) is 10.8. The highest BCUT2D eigenvalue weighted by molar-refractivity contribution is 5.91. The maximum absolute atomic E-state index is 13.0. The fourth-order valence-corrected chi connectivity index (χ4v) is 3.61. The van der Waals surface area contributed by atoms with Gasteiger partial charge in [-0.3, -0.25) is 4.79 Å². The van der Waals surface area contributed by atoms with E-state index in [-0.39, 0.29) is 36.1 Å². The van der Waals surface area contributed by atoms with Gasteiger partial charge in [-0.1, -0.05) is 0 Å². The van der Waals surface area contributed by atoms with E-state index >= 15 is 0 Å². The van der Waals surface area contributed by atoms with Gasteiger partial charge in [0, 0.05) is 26.7 Å². The summed E-state index contributed by atoms with van der Waals surface area (Å²) >= 11 is 0. The summed E-state index contributed by atoms with van der Waals surface area (Å²) in [4.78, 5) is 28.5. The molecule has 3 rings (SSSR count). The lowest BCUT2D eigenvalue weighted by Crippen LogP contribution is -2.44. The van der Waals surface area contributed by atoms with Crippen LogP contribution in [0, 0.1) is 11.7 Å². The minimum absolute atomic E-state index is 0.141. The van der Waals surface area contributed by atoms with Gasteiger partial charge in [-0.2, -0.15) is 0 Å². The highest BCUT2D eigenvalue weighted by atomic mass is 19.1. The number of nitrogens with zero attached hydrogens (tertiary/aromatic N) is 2. The molecule has 7 nitrogen and oxygen atoms in total. The van der Waals surface area contributed by atoms with Crippen LogP contribution in [-0.4, -0.2) is 54.1 Å². The third kappa shape index (κ3) is 6.73. The van der Waals surface area contributed by atoms with E-state index in [2.05, 4.69) is 0 Å². The third-order valence-electron chi connectivity index (χ3n) is 5.11. The highest BCUT2D eigenvalue weighted by Gasteiger charge is 2.29. The van der Waals surface area contributed by atoms with Crippen LogP contribution in [0.5, 0.6) is 5.75 Å². The molecule has 1 unspecified atom stereocenters. The summed E-state index contributed by atoms with van der Waals surface area (Å²) in [5.74, 6) is 0.938. The number of benzene rings is 1. The fraction of sp³-hybridized carbons (Fsp3) is 0.500. The summed E-state index contributed by atoms with van der Waals surface area (Å²) in [6, 6.07) is 9.05. The Balaban J connectivity index is 1.52. The van der Waals surface area contributed by atoms with E-state index in [1.807, 2.05) is 20.8 Å². The van der Waals surface area contributed by atoms with E-state index in [0.717, 1.165) is 12.8 Å². The normalized spacial score (nSPS) is 16.5. The molecule has 0 aliphatic carbocycles. The lowest BCUT2D eigenvalue weighted by atomic mass is 9.97. The zero-order valence-electron chi connectivity index (χ0n) is 19.1. The number of amides is 2. The summed E-state index contributed by atoms with van der Waals surface area (Å²) in [6.45, 7) is 7.36. The molecule has 0 N–H and O–H groups in total. The first-order chi connectivity index (χ1) is 15.1.